The van der Waals surface area contributed by atoms with E-state index in [1.165, 1.54) is 6.42 Å². The third-order valence-electron chi connectivity index (χ3n) is 3.59. The molecule has 2 atom stereocenters. The standard InChI is InChI=1S/C12H21N3O2S2/c1-8-4-3-5-10(7-6-8)15-19(16,17)11-9(2)14-12(13)18-11/h8,10,15H,3-7H2,1-2H3,(H2,13,14). The van der Waals surface area contributed by atoms with E-state index in [1.807, 2.05) is 0 Å². The lowest BCUT2D eigenvalue weighted by Crippen LogP contribution is -2.34. The van der Waals surface area contributed by atoms with Crippen molar-refractivity contribution < 1.29 is 8.42 Å². The maximum absolute atomic E-state index is 12.3. The van der Waals surface area contributed by atoms with E-state index in [2.05, 4.69) is 16.6 Å². The minimum atomic E-state index is -3.48. The van der Waals surface area contributed by atoms with Crippen LogP contribution in [-0.2, 0) is 10.0 Å². The Kier molecular flexibility index (Phi) is 4.47. The first-order chi connectivity index (χ1) is 8.88. The number of rotatable bonds is 3. The van der Waals surface area contributed by atoms with Gasteiger partial charge in [-0.15, -0.1) is 0 Å². The van der Waals surface area contributed by atoms with Crippen LogP contribution in [0, 0.1) is 12.8 Å². The van der Waals surface area contributed by atoms with Gasteiger partial charge in [0, 0.05) is 6.04 Å². The Morgan fingerprint density at radius 2 is 2.05 bits per heavy atom. The molecule has 1 aromatic heterocycles. The first-order valence-corrected chi connectivity index (χ1v) is 8.93. The number of anilines is 1. The zero-order valence-electron chi connectivity index (χ0n) is 11.3. The van der Waals surface area contributed by atoms with E-state index in [0.29, 0.717) is 16.7 Å². The number of nitrogens with zero attached hydrogens (tertiary/aromatic N) is 1. The van der Waals surface area contributed by atoms with Crippen molar-refractivity contribution in [1.82, 2.24) is 9.71 Å². The molecule has 2 unspecified atom stereocenters. The van der Waals surface area contributed by atoms with Crippen LogP contribution >= 0.6 is 11.3 Å². The van der Waals surface area contributed by atoms with Gasteiger partial charge in [0.2, 0.25) is 0 Å². The molecule has 0 radical (unpaired) electrons. The summed E-state index contributed by atoms with van der Waals surface area (Å²) in [5.74, 6) is 0.690. The van der Waals surface area contributed by atoms with Gasteiger partial charge in [0.05, 0.1) is 5.69 Å². The van der Waals surface area contributed by atoms with Crippen LogP contribution in [0.25, 0.3) is 0 Å². The molecule has 0 aliphatic heterocycles. The summed E-state index contributed by atoms with van der Waals surface area (Å²) >= 11 is 1.03. The molecule has 2 rings (SSSR count). The van der Waals surface area contributed by atoms with Crippen LogP contribution in [0.5, 0.6) is 0 Å². The Balaban J connectivity index is 2.11. The summed E-state index contributed by atoms with van der Waals surface area (Å²) in [6, 6.07) is 0.0395. The van der Waals surface area contributed by atoms with Gasteiger partial charge in [-0.05, 0) is 32.1 Å². The fourth-order valence-corrected chi connectivity index (χ4v) is 5.15. The Hall–Kier alpha value is -0.660. The van der Waals surface area contributed by atoms with Gasteiger partial charge >= 0.3 is 0 Å². The van der Waals surface area contributed by atoms with Crippen LogP contribution in [0.3, 0.4) is 0 Å². The van der Waals surface area contributed by atoms with Crippen molar-refractivity contribution in [3.8, 4) is 0 Å². The summed E-state index contributed by atoms with van der Waals surface area (Å²) in [4.78, 5) is 3.98. The fraction of sp³-hybridized carbons (Fsp3) is 0.750. The van der Waals surface area contributed by atoms with Gasteiger partial charge in [-0.2, -0.15) is 0 Å². The van der Waals surface area contributed by atoms with Crippen molar-refractivity contribution in [3.05, 3.63) is 5.69 Å². The number of sulfonamides is 1. The molecule has 1 fully saturated rings. The maximum atomic E-state index is 12.3. The molecular formula is C12H21N3O2S2. The van der Waals surface area contributed by atoms with Crippen LogP contribution in [0.4, 0.5) is 5.13 Å². The molecule has 3 N–H and O–H groups in total. The number of nitrogens with two attached hydrogens (primary N) is 1. The summed E-state index contributed by atoms with van der Waals surface area (Å²) in [5.41, 5.74) is 6.05. The largest absolute Gasteiger partial charge is 0.375 e. The third-order valence-corrected chi connectivity index (χ3v) is 6.71. The molecule has 19 heavy (non-hydrogen) atoms. The second-order valence-electron chi connectivity index (χ2n) is 5.36. The van der Waals surface area contributed by atoms with Crippen molar-refractivity contribution in [2.45, 2.75) is 56.2 Å². The molecular weight excluding hydrogens is 282 g/mol. The number of nitrogen functional groups attached to an aromatic ring is 1. The van der Waals surface area contributed by atoms with Crippen LogP contribution in [0.2, 0.25) is 0 Å². The zero-order valence-corrected chi connectivity index (χ0v) is 13.0. The monoisotopic (exact) mass is 303 g/mol. The summed E-state index contributed by atoms with van der Waals surface area (Å²) < 4.78 is 27.7. The lowest BCUT2D eigenvalue weighted by molar-refractivity contribution is 0.485. The maximum Gasteiger partial charge on any atom is 0.252 e. The average Bonchev–Trinajstić information content (AvgIpc) is 2.52. The number of aryl methyl sites for hydroxylation is 1. The van der Waals surface area contributed by atoms with Gasteiger partial charge in [-0.25, -0.2) is 18.1 Å². The molecule has 1 heterocycles. The molecule has 7 heteroatoms. The molecule has 1 aliphatic carbocycles. The molecule has 1 aromatic rings. The van der Waals surface area contributed by atoms with Gasteiger partial charge in [0.1, 0.15) is 0 Å². The van der Waals surface area contributed by atoms with E-state index in [-0.39, 0.29) is 10.3 Å². The highest BCUT2D eigenvalue weighted by Gasteiger charge is 2.26. The van der Waals surface area contributed by atoms with Gasteiger partial charge in [-0.1, -0.05) is 31.1 Å². The van der Waals surface area contributed by atoms with E-state index in [4.69, 9.17) is 5.73 Å². The highest BCUT2D eigenvalue weighted by atomic mass is 32.2. The van der Waals surface area contributed by atoms with Gasteiger partial charge < -0.3 is 5.73 Å². The topological polar surface area (TPSA) is 85.1 Å². The SMILES string of the molecule is Cc1nc(N)sc1S(=O)(=O)NC1CCCC(C)CC1. The van der Waals surface area contributed by atoms with Gasteiger partial charge in [0.25, 0.3) is 10.0 Å². The van der Waals surface area contributed by atoms with E-state index in [0.717, 1.165) is 37.0 Å². The van der Waals surface area contributed by atoms with Crippen molar-refractivity contribution in [3.63, 3.8) is 0 Å². The molecule has 0 saturated heterocycles. The Morgan fingerprint density at radius 3 is 2.68 bits per heavy atom. The summed E-state index contributed by atoms with van der Waals surface area (Å²) in [6.45, 7) is 3.90. The van der Waals surface area contributed by atoms with Crippen LogP contribution < -0.4 is 10.5 Å². The average molecular weight is 303 g/mol. The number of thiazole rings is 1. The Morgan fingerprint density at radius 1 is 1.32 bits per heavy atom. The predicted octanol–water partition coefficient (Wildman–Crippen LogP) is 2.28. The van der Waals surface area contributed by atoms with E-state index >= 15 is 0 Å². The Bertz CT molecular complexity index is 539. The normalized spacial score (nSPS) is 25.2. The van der Waals surface area contributed by atoms with Gasteiger partial charge in [-0.3, -0.25) is 0 Å². The van der Waals surface area contributed by atoms with Crippen molar-refractivity contribution in [1.29, 1.82) is 0 Å². The lowest BCUT2D eigenvalue weighted by atomic mass is 10.0. The number of aromatic nitrogens is 1. The van der Waals surface area contributed by atoms with Gasteiger partial charge in [0.15, 0.2) is 9.34 Å². The van der Waals surface area contributed by atoms with E-state index in [1.54, 1.807) is 6.92 Å². The highest BCUT2D eigenvalue weighted by molar-refractivity contribution is 7.91. The van der Waals surface area contributed by atoms with E-state index in [9.17, 15) is 8.42 Å². The molecule has 1 saturated carbocycles. The number of hydrogen-bond donors (Lipinski definition) is 2. The van der Waals surface area contributed by atoms with Crippen molar-refractivity contribution >= 4 is 26.5 Å². The molecule has 0 aromatic carbocycles. The molecule has 5 nitrogen and oxygen atoms in total. The number of hydrogen-bond acceptors (Lipinski definition) is 5. The molecule has 0 spiro atoms. The first-order valence-electron chi connectivity index (χ1n) is 6.63. The molecule has 108 valence electrons. The van der Waals surface area contributed by atoms with Crippen LogP contribution in [0.1, 0.15) is 44.7 Å². The predicted molar refractivity (Wildman–Crippen MR) is 77.6 cm³/mol. The third kappa shape index (κ3) is 3.67. The Labute approximate surface area is 118 Å². The lowest BCUT2D eigenvalue weighted by Gasteiger charge is -2.15. The quantitative estimate of drug-likeness (QED) is 0.839. The second-order valence-corrected chi connectivity index (χ2v) is 8.30. The molecule has 0 amide bonds. The summed E-state index contributed by atoms with van der Waals surface area (Å²) in [5, 5.41) is 0.298. The molecule has 0 bridgehead atoms. The smallest absolute Gasteiger partial charge is 0.252 e. The van der Waals surface area contributed by atoms with Crippen molar-refractivity contribution in [2.75, 3.05) is 5.73 Å². The fourth-order valence-electron chi connectivity index (χ4n) is 2.53. The highest BCUT2D eigenvalue weighted by Crippen LogP contribution is 2.27. The van der Waals surface area contributed by atoms with E-state index < -0.39 is 10.0 Å². The van der Waals surface area contributed by atoms with Crippen LogP contribution in [0.15, 0.2) is 4.21 Å². The second kappa shape index (κ2) is 5.76. The zero-order chi connectivity index (χ0) is 14.0. The first kappa shape index (κ1) is 14.7. The summed E-state index contributed by atoms with van der Waals surface area (Å²) in [6.07, 6.45) is 5.17. The minimum Gasteiger partial charge on any atom is -0.375 e. The molecule has 1 aliphatic rings. The van der Waals surface area contributed by atoms with Crippen molar-refractivity contribution in [2.24, 2.45) is 5.92 Å². The minimum absolute atomic E-state index is 0.0395. The summed E-state index contributed by atoms with van der Waals surface area (Å²) in [7, 11) is -3.48. The van der Waals surface area contributed by atoms with Crippen LogP contribution in [-0.4, -0.2) is 19.4 Å². The number of nitrogens with one attached hydrogen (secondary N) is 1.